The number of imidazole rings is 1. The molecule has 0 radical (unpaired) electrons. The summed E-state index contributed by atoms with van der Waals surface area (Å²) >= 11 is 7.87. The monoisotopic (exact) mass is 323 g/mol. The zero-order chi connectivity index (χ0) is 15.1. The molecule has 3 heterocycles. The second-order valence-electron chi connectivity index (χ2n) is 5.21. The van der Waals surface area contributed by atoms with Crippen LogP contribution in [-0.4, -0.2) is 25.2 Å². The highest BCUT2D eigenvalue weighted by atomic mass is 35.5. The molecule has 1 atom stereocenters. The predicted molar refractivity (Wildman–Crippen MR) is 86.6 cm³/mol. The van der Waals surface area contributed by atoms with Gasteiger partial charge in [0.15, 0.2) is 10.8 Å². The molecule has 0 fully saturated rings. The van der Waals surface area contributed by atoms with E-state index in [2.05, 4.69) is 16.4 Å². The quantitative estimate of drug-likeness (QED) is 0.802. The molecule has 0 saturated heterocycles. The summed E-state index contributed by atoms with van der Waals surface area (Å²) in [4.78, 5) is 5.66. The van der Waals surface area contributed by atoms with Gasteiger partial charge in [-0.15, -0.1) is 11.3 Å². The van der Waals surface area contributed by atoms with E-state index in [0.29, 0.717) is 5.02 Å². The SMILES string of the molecule is CCC(N)Cc1c(-n2nc(C)c(Cl)c2C)nc2sccn12. The van der Waals surface area contributed by atoms with E-state index in [1.54, 1.807) is 11.3 Å². The summed E-state index contributed by atoms with van der Waals surface area (Å²) in [5, 5.41) is 7.24. The Balaban J connectivity index is 2.19. The highest BCUT2D eigenvalue weighted by molar-refractivity contribution is 7.15. The van der Waals surface area contributed by atoms with Gasteiger partial charge in [0.1, 0.15) is 0 Å². The number of nitrogens with two attached hydrogens (primary N) is 1. The van der Waals surface area contributed by atoms with Crippen LogP contribution >= 0.6 is 22.9 Å². The molecular weight excluding hydrogens is 306 g/mol. The standard InChI is InChI=1S/C14H18ClN5S/c1-4-10(16)7-11-13(17-14-19(11)5-6-21-14)20-9(3)12(15)8(2)18-20/h5-6,10H,4,7,16H2,1-3H3. The molecule has 0 bridgehead atoms. The van der Waals surface area contributed by atoms with Crippen molar-refractivity contribution in [1.82, 2.24) is 19.2 Å². The number of aromatic nitrogens is 4. The van der Waals surface area contributed by atoms with Crippen LogP contribution in [0.25, 0.3) is 10.8 Å². The maximum Gasteiger partial charge on any atom is 0.195 e. The number of thiazole rings is 1. The van der Waals surface area contributed by atoms with Crippen LogP contribution in [0.4, 0.5) is 0 Å². The first-order chi connectivity index (χ1) is 10.0. The maximum atomic E-state index is 6.27. The minimum atomic E-state index is 0.107. The number of aryl methyl sites for hydroxylation is 1. The fourth-order valence-electron chi connectivity index (χ4n) is 2.40. The number of nitrogens with zero attached hydrogens (tertiary/aromatic N) is 4. The van der Waals surface area contributed by atoms with Crippen molar-refractivity contribution in [3.05, 3.63) is 33.7 Å². The fourth-order valence-corrected chi connectivity index (χ4v) is 3.25. The van der Waals surface area contributed by atoms with Crippen LogP contribution in [0.5, 0.6) is 0 Å². The Bertz CT molecular complexity index is 785. The van der Waals surface area contributed by atoms with Crippen molar-refractivity contribution in [2.75, 3.05) is 0 Å². The number of rotatable bonds is 4. The Hall–Kier alpha value is -1.37. The molecule has 3 aromatic rings. The lowest BCUT2D eigenvalue weighted by Crippen LogP contribution is -2.23. The van der Waals surface area contributed by atoms with E-state index in [1.165, 1.54) is 0 Å². The first kappa shape index (κ1) is 14.6. The van der Waals surface area contributed by atoms with Gasteiger partial charge in [-0.2, -0.15) is 10.1 Å². The van der Waals surface area contributed by atoms with Gasteiger partial charge in [-0.25, -0.2) is 4.68 Å². The Kier molecular flexibility index (Phi) is 3.77. The van der Waals surface area contributed by atoms with Crippen LogP contribution in [0.1, 0.15) is 30.4 Å². The maximum absolute atomic E-state index is 6.27. The van der Waals surface area contributed by atoms with Crippen LogP contribution < -0.4 is 5.73 Å². The molecule has 7 heteroatoms. The van der Waals surface area contributed by atoms with E-state index in [-0.39, 0.29) is 6.04 Å². The van der Waals surface area contributed by atoms with Gasteiger partial charge in [0.2, 0.25) is 0 Å². The summed E-state index contributed by atoms with van der Waals surface area (Å²) in [5.74, 6) is 0.832. The van der Waals surface area contributed by atoms with E-state index in [1.807, 2.05) is 30.1 Å². The number of fused-ring (bicyclic) bond motifs is 1. The third-order valence-electron chi connectivity index (χ3n) is 3.72. The summed E-state index contributed by atoms with van der Waals surface area (Å²) in [5.41, 5.74) is 8.96. The van der Waals surface area contributed by atoms with Crippen molar-refractivity contribution in [3.8, 4) is 5.82 Å². The zero-order valence-corrected chi connectivity index (χ0v) is 13.9. The lowest BCUT2D eigenvalue weighted by atomic mass is 10.1. The van der Waals surface area contributed by atoms with Gasteiger partial charge in [-0.3, -0.25) is 4.40 Å². The van der Waals surface area contributed by atoms with Gasteiger partial charge in [0.25, 0.3) is 0 Å². The van der Waals surface area contributed by atoms with Gasteiger partial charge in [0, 0.05) is 24.0 Å². The highest BCUT2D eigenvalue weighted by Crippen LogP contribution is 2.26. The molecule has 0 saturated carbocycles. The molecule has 3 rings (SSSR count). The van der Waals surface area contributed by atoms with Crippen LogP contribution in [-0.2, 0) is 6.42 Å². The number of halogens is 1. The van der Waals surface area contributed by atoms with Gasteiger partial charge in [-0.1, -0.05) is 18.5 Å². The second-order valence-corrected chi connectivity index (χ2v) is 6.46. The number of hydrogen-bond acceptors (Lipinski definition) is 4. The Morgan fingerprint density at radius 1 is 1.43 bits per heavy atom. The lowest BCUT2D eigenvalue weighted by Gasteiger charge is -2.10. The first-order valence-corrected chi connectivity index (χ1v) is 8.20. The van der Waals surface area contributed by atoms with Crippen molar-refractivity contribution in [3.63, 3.8) is 0 Å². The molecule has 21 heavy (non-hydrogen) atoms. The fraction of sp³-hybridized carbons (Fsp3) is 0.429. The van der Waals surface area contributed by atoms with Crippen LogP contribution in [0.3, 0.4) is 0 Å². The van der Waals surface area contributed by atoms with Gasteiger partial charge in [-0.05, 0) is 20.3 Å². The summed E-state index contributed by atoms with van der Waals surface area (Å²) in [6.45, 7) is 5.96. The molecule has 0 spiro atoms. The largest absolute Gasteiger partial charge is 0.327 e. The van der Waals surface area contributed by atoms with Gasteiger partial charge >= 0.3 is 0 Å². The predicted octanol–water partition coefficient (Wildman–Crippen LogP) is 3.13. The van der Waals surface area contributed by atoms with Gasteiger partial charge < -0.3 is 5.73 Å². The summed E-state index contributed by atoms with van der Waals surface area (Å²) in [7, 11) is 0. The normalized spacial score (nSPS) is 13.2. The molecule has 0 aliphatic heterocycles. The molecule has 112 valence electrons. The van der Waals surface area contributed by atoms with Crippen LogP contribution in [0, 0.1) is 13.8 Å². The molecular formula is C14H18ClN5S. The lowest BCUT2D eigenvalue weighted by molar-refractivity contribution is 0.628. The van der Waals surface area contributed by atoms with Crippen molar-refractivity contribution >= 4 is 27.9 Å². The summed E-state index contributed by atoms with van der Waals surface area (Å²) in [6.07, 6.45) is 3.72. The van der Waals surface area contributed by atoms with Crippen molar-refractivity contribution in [1.29, 1.82) is 0 Å². The van der Waals surface area contributed by atoms with Crippen LogP contribution in [0.2, 0.25) is 5.02 Å². The minimum absolute atomic E-state index is 0.107. The third-order valence-corrected chi connectivity index (χ3v) is 5.03. The molecule has 1 unspecified atom stereocenters. The van der Waals surface area contributed by atoms with E-state index in [9.17, 15) is 0 Å². The molecule has 0 aliphatic rings. The second kappa shape index (κ2) is 5.44. The van der Waals surface area contributed by atoms with E-state index >= 15 is 0 Å². The van der Waals surface area contributed by atoms with E-state index in [4.69, 9.17) is 22.3 Å². The summed E-state index contributed by atoms with van der Waals surface area (Å²) < 4.78 is 3.93. The smallest absolute Gasteiger partial charge is 0.195 e. The molecule has 0 amide bonds. The Morgan fingerprint density at radius 3 is 2.81 bits per heavy atom. The van der Waals surface area contributed by atoms with Crippen molar-refractivity contribution in [2.24, 2.45) is 5.73 Å². The van der Waals surface area contributed by atoms with Crippen LogP contribution in [0.15, 0.2) is 11.6 Å². The average molecular weight is 324 g/mol. The summed E-state index contributed by atoms with van der Waals surface area (Å²) in [6, 6.07) is 0.107. The molecule has 0 aliphatic carbocycles. The molecule has 2 N–H and O–H groups in total. The van der Waals surface area contributed by atoms with E-state index in [0.717, 1.165) is 40.7 Å². The van der Waals surface area contributed by atoms with Gasteiger partial charge in [0.05, 0.1) is 22.1 Å². The first-order valence-electron chi connectivity index (χ1n) is 6.95. The average Bonchev–Trinajstić information content (AvgIpc) is 3.11. The number of hydrogen-bond donors (Lipinski definition) is 1. The minimum Gasteiger partial charge on any atom is -0.327 e. The zero-order valence-electron chi connectivity index (χ0n) is 12.3. The topological polar surface area (TPSA) is 61.1 Å². The molecule has 5 nitrogen and oxygen atoms in total. The third kappa shape index (κ3) is 2.37. The Labute approximate surface area is 132 Å². The Morgan fingerprint density at radius 2 is 2.19 bits per heavy atom. The van der Waals surface area contributed by atoms with Crippen molar-refractivity contribution < 1.29 is 0 Å². The molecule has 3 aromatic heterocycles. The molecule has 0 aromatic carbocycles. The van der Waals surface area contributed by atoms with Crippen molar-refractivity contribution in [2.45, 2.75) is 39.7 Å². The highest BCUT2D eigenvalue weighted by Gasteiger charge is 2.20. The van der Waals surface area contributed by atoms with E-state index < -0.39 is 0 Å².